The van der Waals surface area contributed by atoms with Crippen LogP contribution >= 0.6 is 0 Å². The summed E-state index contributed by atoms with van der Waals surface area (Å²) in [5, 5.41) is 21.0. The highest BCUT2D eigenvalue weighted by Gasteiger charge is 2.44. The van der Waals surface area contributed by atoms with Gasteiger partial charge in [-0.05, 0) is 95.7 Å². The molecule has 6 atom stereocenters. The Kier molecular flexibility index (Phi) is 9.50. The summed E-state index contributed by atoms with van der Waals surface area (Å²) >= 11 is 0. The molecule has 3 aliphatic rings. The Balaban J connectivity index is 1.42. The summed E-state index contributed by atoms with van der Waals surface area (Å²) in [6.07, 6.45) is 17.7. The molecule has 3 fully saturated rings. The zero-order chi connectivity index (χ0) is 21.3. The third-order valence-electron chi connectivity index (χ3n) is 7.64. The molecular formula is C27H43NO2. The molecule has 0 aromatic heterocycles. The van der Waals surface area contributed by atoms with Crippen molar-refractivity contribution >= 4 is 0 Å². The normalized spacial score (nSPS) is 32.9. The van der Waals surface area contributed by atoms with Gasteiger partial charge >= 0.3 is 0 Å². The molecule has 168 valence electrons. The van der Waals surface area contributed by atoms with E-state index in [1.807, 2.05) is 19.9 Å². The van der Waals surface area contributed by atoms with Crippen molar-refractivity contribution in [3.8, 4) is 11.8 Å². The van der Waals surface area contributed by atoms with E-state index in [9.17, 15) is 10.2 Å². The van der Waals surface area contributed by atoms with Crippen LogP contribution < -0.4 is 0 Å². The van der Waals surface area contributed by atoms with Crippen LogP contribution in [0, 0.1) is 35.5 Å². The molecule has 1 aliphatic heterocycles. The number of fused-ring (bicyclic) bond motifs is 1. The number of hydrogen-bond acceptors (Lipinski definition) is 3. The second-order valence-corrected chi connectivity index (χ2v) is 9.96. The number of aliphatic hydroxyl groups excluding tert-OH is 2. The quantitative estimate of drug-likeness (QED) is 0.320. The largest absolute Gasteiger partial charge is 0.392 e. The van der Waals surface area contributed by atoms with Gasteiger partial charge in [0.1, 0.15) is 0 Å². The van der Waals surface area contributed by atoms with E-state index in [0.29, 0.717) is 18.3 Å². The molecule has 0 aromatic carbocycles. The molecule has 2 saturated carbocycles. The second kappa shape index (κ2) is 12.1. The number of likely N-dealkylation sites (tertiary alicyclic amines) is 1. The SMILES string of the molecule is CC#CC[C@H](C)[C@H](O)/C=C/[C@@H]1[C@H]2C/C(=C/CCCCN3CCCCC3)C[C@H]2C[C@H]1O. The van der Waals surface area contributed by atoms with E-state index in [2.05, 4.69) is 28.9 Å². The standard InChI is InChI=1S/C27H43NO2/c1-3-4-11-21(2)26(29)14-13-24-25-19-22(18-23(25)20-27(24)30)12-7-5-8-15-28-16-9-6-10-17-28/h12-14,21,23-27,29-30H,5-11,15-20H2,1-2H3/b14-13+,22-12+/t21-,23-,24+,25-,26+,27+/m0/s1. The molecule has 2 aliphatic carbocycles. The minimum Gasteiger partial charge on any atom is -0.392 e. The number of piperidine rings is 1. The topological polar surface area (TPSA) is 43.7 Å². The van der Waals surface area contributed by atoms with Crippen molar-refractivity contribution in [2.75, 3.05) is 19.6 Å². The number of aliphatic hydroxyl groups is 2. The van der Waals surface area contributed by atoms with Crippen LogP contribution in [0.3, 0.4) is 0 Å². The van der Waals surface area contributed by atoms with Crippen molar-refractivity contribution in [2.45, 2.75) is 90.3 Å². The smallest absolute Gasteiger partial charge is 0.0755 e. The summed E-state index contributed by atoms with van der Waals surface area (Å²) < 4.78 is 0. The number of unbranched alkanes of at least 4 members (excludes halogenated alkanes) is 2. The molecule has 0 spiro atoms. The van der Waals surface area contributed by atoms with Gasteiger partial charge in [-0.1, -0.05) is 37.1 Å². The van der Waals surface area contributed by atoms with Gasteiger partial charge in [-0.3, -0.25) is 0 Å². The summed E-state index contributed by atoms with van der Waals surface area (Å²) in [4.78, 5) is 2.64. The highest BCUT2D eigenvalue weighted by molar-refractivity contribution is 5.18. The average Bonchev–Trinajstić information content (AvgIpc) is 3.27. The Bertz CT molecular complexity index is 637. The summed E-state index contributed by atoms with van der Waals surface area (Å²) in [6.45, 7) is 7.76. The van der Waals surface area contributed by atoms with Crippen molar-refractivity contribution < 1.29 is 10.2 Å². The van der Waals surface area contributed by atoms with E-state index in [-0.39, 0.29) is 17.9 Å². The van der Waals surface area contributed by atoms with Gasteiger partial charge in [0, 0.05) is 12.3 Å². The first-order valence-electron chi connectivity index (χ1n) is 12.4. The number of nitrogens with zero attached hydrogens (tertiary/aromatic N) is 1. The summed E-state index contributed by atoms with van der Waals surface area (Å²) in [6, 6.07) is 0. The zero-order valence-corrected chi connectivity index (χ0v) is 19.2. The lowest BCUT2D eigenvalue weighted by Gasteiger charge is -2.26. The van der Waals surface area contributed by atoms with E-state index in [1.54, 1.807) is 5.57 Å². The van der Waals surface area contributed by atoms with Gasteiger partial charge in [0.15, 0.2) is 0 Å². The molecule has 1 saturated heterocycles. The second-order valence-electron chi connectivity index (χ2n) is 9.96. The monoisotopic (exact) mass is 413 g/mol. The molecule has 1 heterocycles. The van der Waals surface area contributed by atoms with Crippen molar-refractivity contribution in [1.29, 1.82) is 0 Å². The van der Waals surface area contributed by atoms with Crippen molar-refractivity contribution in [3.05, 3.63) is 23.8 Å². The first-order valence-corrected chi connectivity index (χ1v) is 12.4. The zero-order valence-electron chi connectivity index (χ0n) is 19.2. The van der Waals surface area contributed by atoms with E-state index in [0.717, 1.165) is 12.8 Å². The Morgan fingerprint density at radius 2 is 1.97 bits per heavy atom. The van der Waals surface area contributed by atoms with Crippen LogP contribution in [0.1, 0.15) is 78.1 Å². The van der Waals surface area contributed by atoms with Crippen LogP contribution in [-0.2, 0) is 0 Å². The van der Waals surface area contributed by atoms with Gasteiger partial charge in [-0.15, -0.1) is 11.8 Å². The van der Waals surface area contributed by atoms with Crippen LogP contribution in [0.25, 0.3) is 0 Å². The maximum atomic E-state index is 10.6. The van der Waals surface area contributed by atoms with Crippen LogP contribution in [0.2, 0.25) is 0 Å². The number of rotatable bonds is 9. The van der Waals surface area contributed by atoms with Crippen LogP contribution in [-0.4, -0.2) is 47.0 Å². The van der Waals surface area contributed by atoms with E-state index in [1.165, 1.54) is 64.6 Å². The Morgan fingerprint density at radius 1 is 1.17 bits per heavy atom. The van der Waals surface area contributed by atoms with Gasteiger partial charge in [0.25, 0.3) is 0 Å². The Hall–Kier alpha value is -1.08. The molecule has 30 heavy (non-hydrogen) atoms. The van der Waals surface area contributed by atoms with Crippen LogP contribution in [0.4, 0.5) is 0 Å². The minimum atomic E-state index is -0.478. The predicted molar refractivity (Wildman–Crippen MR) is 125 cm³/mol. The van der Waals surface area contributed by atoms with E-state index in [4.69, 9.17) is 0 Å². The molecule has 0 bridgehead atoms. The van der Waals surface area contributed by atoms with Crippen molar-refractivity contribution in [1.82, 2.24) is 4.90 Å². The third-order valence-corrected chi connectivity index (χ3v) is 7.64. The number of allylic oxidation sites excluding steroid dienone is 2. The molecule has 3 rings (SSSR count). The van der Waals surface area contributed by atoms with Gasteiger partial charge < -0.3 is 15.1 Å². The van der Waals surface area contributed by atoms with E-state index >= 15 is 0 Å². The molecule has 2 N–H and O–H groups in total. The summed E-state index contributed by atoms with van der Waals surface area (Å²) in [5.41, 5.74) is 1.61. The molecule has 0 unspecified atom stereocenters. The average molecular weight is 414 g/mol. The number of hydrogen-bond donors (Lipinski definition) is 2. The van der Waals surface area contributed by atoms with Crippen LogP contribution in [0.5, 0.6) is 0 Å². The molecule has 0 aromatic rings. The predicted octanol–water partition coefficient (Wildman–Crippen LogP) is 4.94. The first kappa shape index (κ1) is 23.6. The van der Waals surface area contributed by atoms with Gasteiger partial charge in [0.05, 0.1) is 12.2 Å². The summed E-state index contributed by atoms with van der Waals surface area (Å²) in [7, 11) is 0. The summed E-state index contributed by atoms with van der Waals surface area (Å²) in [5.74, 6) is 7.45. The highest BCUT2D eigenvalue weighted by atomic mass is 16.3. The van der Waals surface area contributed by atoms with E-state index < -0.39 is 6.10 Å². The lowest BCUT2D eigenvalue weighted by Crippen LogP contribution is -2.30. The fourth-order valence-corrected chi connectivity index (χ4v) is 5.72. The third kappa shape index (κ3) is 6.71. The highest BCUT2D eigenvalue weighted by Crippen LogP contribution is 2.50. The molecule has 0 amide bonds. The Morgan fingerprint density at radius 3 is 2.73 bits per heavy atom. The molecule has 0 radical (unpaired) electrons. The van der Waals surface area contributed by atoms with Crippen molar-refractivity contribution in [2.24, 2.45) is 23.7 Å². The van der Waals surface area contributed by atoms with Crippen molar-refractivity contribution in [3.63, 3.8) is 0 Å². The van der Waals surface area contributed by atoms with Gasteiger partial charge in [-0.2, -0.15) is 0 Å². The fourth-order valence-electron chi connectivity index (χ4n) is 5.72. The Labute approximate surface area is 184 Å². The van der Waals surface area contributed by atoms with Gasteiger partial charge in [-0.25, -0.2) is 0 Å². The minimum absolute atomic E-state index is 0.131. The molecular weight excluding hydrogens is 370 g/mol. The molecule has 3 heteroatoms. The maximum absolute atomic E-state index is 10.6. The molecule has 3 nitrogen and oxygen atoms in total. The van der Waals surface area contributed by atoms with Gasteiger partial charge in [0.2, 0.25) is 0 Å². The van der Waals surface area contributed by atoms with Crippen LogP contribution in [0.15, 0.2) is 23.8 Å². The lowest BCUT2D eigenvalue weighted by atomic mass is 9.89. The lowest BCUT2D eigenvalue weighted by molar-refractivity contribution is 0.137. The fraction of sp³-hybridized carbons (Fsp3) is 0.778. The first-order chi connectivity index (χ1) is 14.6. The maximum Gasteiger partial charge on any atom is 0.0755 e.